The SMILES string of the molecule is OCc1ccc(B(O)OF)cc1. The van der Waals surface area contributed by atoms with Crippen molar-refractivity contribution in [1.82, 2.24) is 0 Å². The molecule has 0 bridgehead atoms. The molecule has 2 N–H and O–H groups in total. The summed E-state index contributed by atoms with van der Waals surface area (Å²) in [6.07, 6.45) is 0. The van der Waals surface area contributed by atoms with E-state index < -0.39 is 7.12 Å². The number of benzene rings is 1. The van der Waals surface area contributed by atoms with E-state index in [2.05, 4.69) is 4.86 Å². The van der Waals surface area contributed by atoms with Crippen molar-refractivity contribution in [2.75, 3.05) is 0 Å². The first kappa shape index (κ1) is 9.19. The molecule has 0 saturated carbocycles. The van der Waals surface area contributed by atoms with E-state index in [1.54, 1.807) is 12.1 Å². The van der Waals surface area contributed by atoms with Gasteiger partial charge in [0.15, 0.2) is 0 Å². The second-order valence-electron chi connectivity index (χ2n) is 2.34. The van der Waals surface area contributed by atoms with E-state index in [9.17, 15) is 4.53 Å². The van der Waals surface area contributed by atoms with Gasteiger partial charge >= 0.3 is 7.12 Å². The van der Waals surface area contributed by atoms with Gasteiger partial charge in [0.05, 0.1) is 6.61 Å². The van der Waals surface area contributed by atoms with Gasteiger partial charge in [-0.1, -0.05) is 28.8 Å². The van der Waals surface area contributed by atoms with Crippen molar-refractivity contribution < 1.29 is 19.5 Å². The van der Waals surface area contributed by atoms with Crippen LogP contribution in [0, 0.1) is 0 Å². The molecule has 1 aromatic rings. The number of aliphatic hydroxyl groups is 1. The lowest BCUT2D eigenvalue weighted by molar-refractivity contribution is -0.0267. The van der Waals surface area contributed by atoms with Crippen molar-refractivity contribution >= 4 is 12.6 Å². The molecule has 0 aliphatic heterocycles. The van der Waals surface area contributed by atoms with Crippen LogP contribution in [0.3, 0.4) is 0 Å². The van der Waals surface area contributed by atoms with Crippen molar-refractivity contribution in [3.63, 3.8) is 0 Å². The lowest BCUT2D eigenvalue weighted by atomic mass is 9.80. The zero-order valence-electron chi connectivity index (χ0n) is 6.27. The Morgan fingerprint density at radius 2 is 1.92 bits per heavy atom. The Kier molecular flexibility index (Phi) is 3.22. The van der Waals surface area contributed by atoms with E-state index in [0.29, 0.717) is 11.0 Å². The van der Waals surface area contributed by atoms with Crippen molar-refractivity contribution in [1.29, 1.82) is 0 Å². The van der Waals surface area contributed by atoms with E-state index >= 15 is 0 Å². The molecule has 0 aromatic heterocycles. The van der Waals surface area contributed by atoms with Gasteiger partial charge in [-0.15, -0.1) is 0 Å². The van der Waals surface area contributed by atoms with E-state index in [1.165, 1.54) is 12.1 Å². The van der Waals surface area contributed by atoms with Crippen LogP contribution in [0.25, 0.3) is 0 Å². The van der Waals surface area contributed by atoms with E-state index in [-0.39, 0.29) is 6.61 Å². The summed E-state index contributed by atoms with van der Waals surface area (Å²) < 4.78 is 11.5. The number of hydrogen-bond donors (Lipinski definition) is 2. The van der Waals surface area contributed by atoms with Crippen LogP contribution in [-0.2, 0) is 11.5 Å². The summed E-state index contributed by atoms with van der Waals surface area (Å²) in [6.45, 7) is -0.0765. The lowest BCUT2D eigenvalue weighted by Gasteiger charge is -2.00. The first-order valence-electron chi connectivity index (χ1n) is 3.43. The molecule has 0 fully saturated rings. The molecule has 0 aliphatic rings. The standard InChI is InChI=1S/C7H8BFO3/c9-12-8(11)7-3-1-6(5-10)2-4-7/h1-4,10-11H,5H2. The molecule has 12 heavy (non-hydrogen) atoms. The van der Waals surface area contributed by atoms with E-state index in [1.807, 2.05) is 0 Å². The molecule has 64 valence electrons. The molecule has 0 heterocycles. The molecule has 1 aromatic carbocycles. The molecular formula is C7H8BFO3. The number of aliphatic hydroxyl groups excluding tert-OH is 1. The number of halogens is 1. The van der Waals surface area contributed by atoms with Gasteiger partial charge < -0.3 is 10.1 Å². The fraction of sp³-hybridized carbons (Fsp3) is 0.143. The molecule has 5 heteroatoms. The van der Waals surface area contributed by atoms with Gasteiger partial charge in [0, 0.05) is 0 Å². The first-order valence-corrected chi connectivity index (χ1v) is 3.43. The highest BCUT2D eigenvalue weighted by molar-refractivity contribution is 6.59. The van der Waals surface area contributed by atoms with Gasteiger partial charge in [0.25, 0.3) is 0 Å². The predicted molar refractivity (Wildman–Crippen MR) is 42.2 cm³/mol. The zero-order chi connectivity index (χ0) is 8.97. The van der Waals surface area contributed by atoms with Crippen LogP contribution in [0.5, 0.6) is 0 Å². The number of rotatable bonds is 3. The Morgan fingerprint density at radius 1 is 1.33 bits per heavy atom. The van der Waals surface area contributed by atoms with Crippen LogP contribution in [0.2, 0.25) is 0 Å². The van der Waals surface area contributed by atoms with Crippen LogP contribution in [0.4, 0.5) is 4.53 Å². The third kappa shape index (κ3) is 2.04. The van der Waals surface area contributed by atoms with Gasteiger partial charge in [0.2, 0.25) is 0 Å². The topological polar surface area (TPSA) is 49.7 Å². The van der Waals surface area contributed by atoms with Crippen LogP contribution in [0.15, 0.2) is 24.3 Å². The molecular weight excluding hydrogens is 162 g/mol. The third-order valence-corrected chi connectivity index (χ3v) is 1.53. The fourth-order valence-corrected chi connectivity index (χ4v) is 0.839. The number of hydrogen-bond acceptors (Lipinski definition) is 3. The summed E-state index contributed by atoms with van der Waals surface area (Å²) in [4.78, 5) is 3.20. The predicted octanol–water partition coefficient (Wildman–Crippen LogP) is -0.232. The van der Waals surface area contributed by atoms with Crippen LogP contribution >= 0.6 is 0 Å². The zero-order valence-corrected chi connectivity index (χ0v) is 6.27. The highest BCUT2D eigenvalue weighted by Crippen LogP contribution is 1.97. The third-order valence-electron chi connectivity index (χ3n) is 1.53. The average molecular weight is 170 g/mol. The Labute approximate surface area is 69.5 Å². The molecule has 0 amide bonds. The van der Waals surface area contributed by atoms with Gasteiger partial charge in [-0.25, -0.2) is 4.86 Å². The molecule has 1 rings (SSSR count). The normalized spacial score (nSPS) is 9.92. The van der Waals surface area contributed by atoms with E-state index in [4.69, 9.17) is 10.1 Å². The maximum Gasteiger partial charge on any atom is 0.529 e. The minimum atomic E-state index is -1.54. The Balaban J connectivity index is 2.77. The summed E-state index contributed by atoms with van der Waals surface area (Å²) in [7, 11) is -1.54. The quantitative estimate of drug-likeness (QED) is 0.615. The van der Waals surface area contributed by atoms with Crippen LogP contribution < -0.4 is 5.46 Å². The lowest BCUT2D eigenvalue weighted by Crippen LogP contribution is -2.30. The molecule has 0 saturated heterocycles. The minimum Gasteiger partial charge on any atom is -0.421 e. The second-order valence-corrected chi connectivity index (χ2v) is 2.34. The maximum atomic E-state index is 11.5. The average Bonchev–Trinajstić information content (AvgIpc) is 2.17. The van der Waals surface area contributed by atoms with Crippen LogP contribution in [-0.4, -0.2) is 17.2 Å². The summed E-state index contributed by atoms with van der Waals surface area (Å²) in [5.41, 5.74) is 1.01. The maximum absolute atomic E-state index is 11.5. The Hall–Kier alpha value is -0.905. The smallest absolute Gasteiger partial charge is 0.421 e. The van der Waals surface area contributed by atoms with Gasteiger partial charge in [-0.3, -0.25) is 0 Å². The highest BCUT2D eigenvalue weighted by Gasteiger charge is 2.16. The molecule has 3 nitrogen and oxygen atoms in total. The van der Waals surface area contributed by atoms with Crippen molar-refractivity contribution in [3.8, 4) is 0 Å². The van der Waals surface area contributed by atoms with Gasteiger partial charge in [0.1, 0.15) is 0 Å². The second kappa shape index (κ2) is 4.20. The molecule has 0 aliphatic carbocycles. The molecule has 0 unspecified atom stereocenters. The van der Waals surface area contributed by atoms with E-state index in [0.717, 1.165) is 0 Å². The summed E-state index contributed by atoms with van der Waals surface area (Å²) >= 11 is 0. The monoisotopic (exact) mass is 170 g/mol. The van der Waals surface area contributed by atoms with Crippen molar-refractivity contribution in [2.24, 2.45) is 0 Å². The minimum absolute atomic E-state index is 0.0765. The highest BCUT2D eigenvalue weighted by atomic mass is 19.3. The molecule has 0 atom stereocenters. The molecule has 0 radical (unpaired) electrons. The molecule has 0 spiro atoms. The fourth-order valence-electron chi connectivity index (χ4n) is 0.839. The summed E-state index contributed by atoms with van der Waals surface area (Å²) in [5, 5.41) is 17.5. The summed E-state index contributed by atoms with van der Waals surface area (Å²) in [5.74, 6) is 0. The van der Waals surface area contributed by atoms with Crippen molar-refractivity contribution in [2.45, 2.75) is 6.61 Å². The Bertz CT molecular complexity index is 239. The van der Waals surface area contributed by atoms with Crippen LogP contribution in [0.1, 0.15) is 5.56 Å². The first-order chi connectivity index (χ1) is 5.77. The Morgan fingerprint density at radius 3 is 2.33 bits per heavy atom. The van der Waals surface area contributed by atoms with Gasteiger partial charge in [-0.05, 0) is 11.0 Å². The summed E-state index contributed by atoms with van der Waals surface area (Å²) in [6, 6.07) is 6.13. The van der Waals surface area contributed by atoms with Crippen molar-refractivity contribution in [3.05, 3.63) is 29.8 Å². The largest absolute Gasteiger partial charge is 0.529 e. The van der Waals surface area contributed by atoms with Gasteiger partial charge in [-0.2, -0.15) is 0 Å².